The van der Waals surface area contributed by atoms with Gasteiger partial charge in [-0.05, 0) is 55.5 Å². The number of hydrogen-bond acceptors (Lipinski definition) is 3. The van der Waals surface area contributed by atoms with E-state index in [1.54, 1.807) is 6.08 Å². The van der Waals surface area contributed by atoms with E-state index in [2.05, 4.69) is 35.5 Å². The van der Waals surface area contributed by atoms with Crippen LogP contribution >= 0.6 is 0 Å². The van der Waals surface area contributed by atoms with Gasteiger partial charge in [0.25, 0.3) is 0 Å². The summed E-state index contributed by atoms with van der Waals surface area (Å²) in [5, 5.41) is 2.94. The molecule has 1 atom stereocenters. The third-order valence-electron chi connectivity index (χ3n) is 4.94. The Kier molecular flexibility index (Phi) is 5.41. The Balaban J connectivity index is 1.54. The van der Waals surface area contributed by atoms with E-state index < -0.39 is 0 Å². The second kappa shape index (κ2) is 7.72. The fourth-order valence-electron chi connectivity index (χ4n) is 3.65. The fourth-order valence-corrected chi connectivity index (χ4v) is 3.65. The number of rotatable bonds is 5. The molecule has 2 aliphatic heterocycles. The van der Waals surface area contributed by atoms with Gasteiger partial charge < -0.3 is 15.1 Å². The summed E-state index contributed by atoms with van der Waals surface area (Å²) < 4.78 is 0. The van der Waals surface area contributed by atoms with Crippen LogP contribution in [0.3, 0.4) is 0 Å². The van der Waals surface area contributed by atoms with Crippen molar-refractivity contribution >= 4 is 23.6 Å². The molecule has 0 bridgehead atoms. The Morgan fingerprint density at radius 3 is 2.84 bits per heavy atom. The van der Waals surface area contributed by atoms with E-state index in [1.807, 2.05) is 17.9 Å². The minimum atomic E-state index is -0.117. The maximum Gasteiger partial charge on any atom is 0.244 e. The molecule has 25 heavy (non-hydrogen) atoms. The van der Waals surface area contributed by atoms with E-state index in [4.69, 9.17) is 0 Å². The predicted octanol–water partition coefficient (Wildman–Crippen LogP) is 2.21. The quantitative estimate of drug-likeness (QED) is 0.836. The van der Waals surface area contributed by atoms with Crippen LogP contribution in [0.15, 0.2) is 24.3 Å². The summed E-state index contributed by atoms with van der Waals surface area (Å²) in [6, 6.07) is 6.31. The van der Waals surface area contributed by atoms with Crippen molar-refractivity contribution in [3.05, 3.63) is 35.4 Å². The van der Waals surface area contributed by atoms with Gasteiger partial charge in [0.1, 0.15) is 0 Å². The van der Waals surface area contributed by atoms with Crippen molar-refractivity contribution in [1.82, 2.24) is 10.2 Å². The van der Waals surface area contributed by atoms with Crippen LogP contribution in [0.5, 0.6) is 0 Å². The van der Waals surface area contributed by atoms with Gasteiger partial charge in [-0.15, -0.1) is 0 Å². The van der Waals surface area contributed by atoms with Crippen LogP contribution in [0.1, 0.15) is 37.3 Å². The van der Waals surface area contributed by atoms with Gasteiger partial charge in [-0.3, -0.25) is 9.59 Å². The van der Waals surface area contributed by atoms with Crippen LogP contribution in [0, 0.1) is 0 Å². The fraction of sp³-hybridized carbons (Fsp3) is 0.500. The third-order valence-corrected chi connectivity index (χ3v) is 4.94. The highest BCUT2D eigenvalue weighted by Gasteiger charge is 2.22. The molecule has 134 valence electrons. The number of amides is 2. The minimum absolute atomic E-state index is 0.0450. The number of likely N-dealkylation sites (tertiary alicyclic amines) is 1. The Labute approximate surface area is 149 Å². The van der Waals surface area contributed by atoms with Crippen molar-refractivity contribution in [1.29, 1.82) is 0 Å². The molecule has 5 nitrogen and oxygen atoms in total. The van der Waals surface area contributed by atoms with E-state index in [0.29, 0.717) is 13.0 Å². The van der Waals surface area contributed by atoms with E-state index in [1.165, 1.54) is 17.7 Å². The van der Waals surface area contributed by atoms with E-state index in [0.717, 1.165) is 31.5 Å². The number of carbonyl (C=O) groups excluding carboxylic acids is 2. The molecule has 0 spiro atoms. The van der Waals surface area contributed by atoms with Crippen molar-refractivity contribution < 1.29 is 9.59 Å². The number of benzene rings is 1. The van der Waals surface area contributed by atoms with Gasteiger partial charge in [0.2, 0.25) is 11.8 Å². The molecule has 2 amide bonds. The van der Waals surface area contributed by atoms with Crippen molar-refractivity contribution in [2.75, 3.05) is 31.6 Å². The van der Waals surface area contributed by atoms with Crippen LogP contribution in [0.4, 0.5) is 5.69 Å². The number of hydrogen-bond donors (Lipinski definition) is 1. The summed E-state index contributed by atoms with van der Waals surface area (Å²) in [6.07, 6.45) is 7.26. The molecule has 2 heterocycles. The summed E-state index contributed by atoms with van der Waals surface area (Å²) in [6.45, 7) is 4.43. The summed E-state index contributed by atoms with van der Waals surface area (Å²) in [5.74, 6) is 0.0738. The van der Waals surface area contributed by atoms with Crippen LogP contribution in [0.25, 0.3) is 6.08 Å². The maximum atomic E-state index is 12.1. The first-order chi connectivity index (χ1) is 12.0. The van der Waals surface area contributed by atoms with Crippen molar-refractivity contribution in [2.24, 2.45) is 0 Å². The van der Waals surface area contributed by atoms with E-state index in [-0.39, 0.29) is 17.9 Å². The standard InChI is InChI=1S/C20H27N3O2/c1-15(14-23-12-4-6-20(23)25)21-19(24)10-8-16-7-9-18-17(13-16)5-3-11-22(18)2/h7-10,13,15H,3-6,11-12,14H2,1-2H3,(H,21,24)/b10-8+/t15-/m1/s1. The molecule has 1 N–H and O–H groups in total. The molecule has 1 aromatic carbocycles. The number of nitrogens with one attached hydrogen (secondary N) is 1. The smallest absolute Gasteiger partial charge is 0.244 e. The molecule has 2 aliphatic rings. The van der Waals surface area contributed by atoms with Gasteiger partial charge in [0.05, 0.1) is 0 Å². The Hall–Kier alpha value is -2.30. The van der Waals surface area contributed by atoms with Crippen LogP contribution < -0.4 is 10.2 Å². The van der Waals surface area contributed by atoms with Gasteiger partial charge in [-0.25, -0.2) is 0 Å². The summed E-state index contributed by atoms with van der Waals surface area (Å²) in [4.78, 5) is 27.9. The van der Waals surface area contributed by atoms with Crippen molar-refractivity contribution in [3.63, 3.8) is 0 Å². The molecule has 3 rings (SSSR count). The van der Waals surface area contributed by atoms with Crippen LogP contribution in [-0.2, 0) is 16.0 Å². The number of carbonyl (C=O) groups is 2. The molecular formula is C20H27N3O2. The zero-order chi connectivity index (χ0) is 17.8. The molecule has 0 saturated carbocycles. The number of anilines is 1. The van der Waals surface area contributed by atoms with Gasteiger partial charge in [0, 0.05) is 50.9 Å². The molecule has 0 aromatic heterocycles. The van der Waals surface area contributed by atoms with Crippen molar-refractivity contribution in [3.8, 4) is 0 Å². The first-order valence-electron chi connectivity index (χ1n) is 9.13. The highest BCUT2D eigenvalue weighted by molar-refractivity contribution is 5.92. The lowest BCUT2D eigenvalue weighted by Gasteiger charge is -2.27. The number of aryl methyl sites for hydroxylation is 1. The molecule has 1 aromatic rings. The van der Waals surface area contributed by atoms with E-state index >= 15 is 0 Å². The van der Waals surface area contributed by atoms with Gasteiger partial charge in [-0.2, -0.15) is 0 Å². The third kappa shape index (κ3) is 4.41. The largest absolute Gasteiger partial charge is 0.374 e. The SMILES string of the molecule is C[C@H](CN1CCCC1=O)NC(=O)/C=C/c1ccc2c(c1)CCCN2C. The van der Waals surface area contributed by atoms with Gasteiger partial charge in [-0.1, -0.05) is 6.07 Å². The molecule has 1 saturated heterocycles. The predicted molar refractivity (Wildman–Crippen MR) is 100 cm³/mol. The lowest BCUT2D eigenvalue weighted by molar-refractivity contribution is -0.128. The number of fused-ring (bicyclic) bond motifs is 1. The molecule has 0 radical (unpaired) electrons. The minimum Gasteiger partial charge on any atom is -0.374 e. The average Bonchev–Trinajstić information content (AvgIpc) is 2.98. The molecule has 1 fully saturated rings. The molecule has 0 unspecified atom stereocenters. The van der Waals surface area contributed by atoms with E-state index in [9.17, 15) is 9.59 Å². The Morgan fingerprint density at radius 1 is 1.28 bits per heavy atom. The normalized spacial score (nSPS) is 18.6. The molecule has 0 aliphatic carbocycles. The first-order valence-corrected chi connectivity index (χ1v) is 9.13. The number of nitrogens with zero attached hydrogens (tertiary/aromatic N) is 2. The molecule has 5 heteroatoms. The van der Waals surface area contributed by atoms with Gasteiger partial charge in [0.15, 0.2) is 0 Å². The second-order valence-electron chi connectivity index (χ2n) is 7.10. The Morgan fingerprint density at radius 2 is 2.08 bits per heavy atom. The zero-order valence-electron chi connectivity index (χ0n) is 15.1. The van der Waals surface area contributed by atoms with Crippen LogP contribution in [0.2, 0.25) is 0 Å². The highest BCUT2D eigenvalue weighted by Crippen LogP contribution is 2.27. The average molecular weight is 341 g/mol. The Bertz CT molecular complexity index is 684. The summed E-state index contributed by atoms with van der Waals surface area (Å²) in [7, 11) is 2.12. The lowest BCUT2D eigenvalue weighted by Crippen LogP contribution is -2.41. The zero-order valence-corrected chi connectivity index (χ0v) is 15.1. The van der Waals surface area contributed by atoms with Gasteiger partial charge >= 0.3 is 0 Å². The molecular weight excluding hydrogens is 314 g/mol. The summed E-state index contributed by atoms with van der Waals surface area (Å²) >= 11 is 0. The summed E-state index contributed by atoms with van der Waals surface area (Å²) in [5.41, 5.74) is 3.68. The maximum absolute atomic E-state index is 12.1. The lowest BCUT2D eigenvalue weighted by atomic mass is 9.99. The highest BCUT2D eigenvalue weighted by atomic mass is 16.2. The first kappa shape index (κ1) is 17.5. The second-order valence-corrected chi connectivity index (χ2v) is 7.10. The topological polar surface area (TPSA) is 52.7 Å². The monoisotopic (exact) mass is 341 g/mol. The van der Waals surface area contributed by atoms with Crippen LogP contribution in [-0.4, -0.2) is 49.4 Å². The van der Waals surface area contributed by atoms with Crippen molar-refractivity contribution in [2.45, 2.75) is 38.6 Å².